The first kappa shape index (κ1) is 11.9. The standard InChI is InChI=1S/C14H19N3OS/c18-11-2-1-3-12(8-11)19-14-16-15-13(9-4-5-9)17(14)10-6-7-10/h9-10,12H,1-8H2. The fourth-order valence-corrected chi connectivity index (χ4v) is 4.20. The van der Waals surface area contributed by atoms with E-state index in [1.54, 1.807) is 11.8 Å². The van der Waals surface area contributed by atoms with Crippen molar-refractivity contribution in [2.75, 3.05) is 0 Å². The Morgan fingerprint density at radius 3 is 2.63 bits per heavy atom. The molecule has 0 amide bonds. The Morgan fingerprint density at radius 1 is 1.11 bits per heavy atom. The van der Waals surface area contributed by atoms with Gasteiger partial charge in [0.15, 0.2) is 5.16 Å². The highest BCUT2D eigenvalue weighted by molar-refractivity contribution is 7.99. The molecule has 0 radical (unpaired) electrons. The fraction of sp³-hybridized carbons (Fsp3) is 0.786. The van der Waals surface area contributed by atoms with E-state index in [1.165, 1.54) is 31.5 Å². The molecule has 1 unspecified atom stereocenters. The number of carbonyl (C=O) groups is 1. The van der Waals surface area contributed by atoms with E-state index < -0.39 is 0 Å². The number of aromatic nitrogens is 3. The van der Waals surface area contributed by atoms with Gasteiger partial charge in [-0.2, -0.15) is 0 Å². The molecule has 3 aliphatic carbocycles. The number of rotatable bonds is 4. The highest BCUT2D eigenvalue weighted by Gasteiger charge is 2.37. The molecule has 4 rings (SSSR count). The highest BCUT2D eigenvalue weighted by atomic mass is 32.2. The van der Waals surface area contributed by atoms with Crippen LogP contribution in [0.25, 0.3) is 0 Å². The topological polar surface area (TPSA) is 47.8 Å². The van der Waals surface area contributed by atoms with Crippen molar-refractivity contribution in [3.63, 3.8) is 0 Å². The van der Waals surface area contributed by atoms with Gasteiger partial charge in [-0.3, -0.25) is 4.79 Å². The number of hydrogen-bond donors (Lipinski definition) is 0. The maximum Gasteiger partial charge on any atom is 0.191 e. The second kappa shape index (κ2) is 4.62. The Labute approximate surface area is 117 Å². The monoisotopic (exact) mass is 277 g/mol. The van der Waals surface area contributed by atoms with Gasteiger partial charge in [-0.05, 0) is 38.5 Å². The molecule has 4 nitrogen and oxygen atoms in total. The number of hydrogen-bond acceptors (Lipinski definition) is 4. The van der Waals surface area contributed by atoms with E-state index in [9.17, 15) is 4.79 Å². The molecule has 102 valence electrons. The molecule has 1 aromatic rings. The van der Waals surface area contributed by atoms with Crippen molar-refractivity contribution in [2.45, 2.75) is 73.7 Å². The fourth-order valence-electron chi connectivity index (χ4n) is 2.90. The third-order valence-corrected chi connectivity index (χ3v) is 5.48. The molecule has 1 atom stereocenters. The van der Waals surface area contributed by atoms with E-state index in [0.29, 0.717) is 23.0 Å². The zero-order chi connectivity index (χ0) is 12.8. The average molecular weight is 277 g/mol. The van der Waals surface area contributed by atoms with Gasteiger partial charge in [0.05, 0.1) is 0 Å². The quantitative estimate of drug-likeness (QED) is 0.848. The van der Waals surface area contributed by atoms with E-state index in [1.807, 2.05) is 0 Å². The lowest BCUT2D eigenvalue weighted by molar-refractivity contribution is -0.120. The number of ketones is 1. The van der Waals surface area contributed by atoms with Crippen molar-refractivity contribution in [3.05, 3.63) is 5.82 Å². The third-order valence-electron chi connectivity index (χ3n) is 4.25. The van der Waals surface area contributed by atoms with Crippen LogP contribution in [0.3, 0.4) is 0 Å². The van der Waals surface area contributed by atoms with Gasteiger partial charge in [-0.15, -0.1) is 10.2 Å². The Balaban J connectivity index is 1.55. The Morgan fingerprint density at radius 2 is 1.95 bits per heavy atom. The third kappa shape index (κ3) is 2.45. The highest BCUT2D eigenvalue weighted by Crippen LogP contribution is 2.46. The van der Waals surface area contributed by atoms with Gasteiger partial charge < -0.3 is 4.57 Å². The van der Waals surface area contributed by atoms with Crippen LogP contribution in [0, 0.1) is 0 Å². The minimum absolute atomic E-state index is 0.420. The maximum absolute atomic E-state index is 11.6. The van der Waals surface area contributed by atoms with E-state index in [-0.39, 0.29) is 0 Å². The molecule has 3 fully saturated rings. The minimum atomic E-state index is 0.420. The van der Waals surface area contributed by atoms with Gasteiger partial charge in [0, 0.05) is 30.1 Å². The molecule has 0 spiro atoms. The molecule has 0 saturated heterocycles. The molecular formula is C14H19N3OS. The van der Waals surface area contributed by atoms with Gasteiger partial charge in [-0.25, -0.2) is 0 Å². The average Bonchev–Trinajstić information content (AvgIpc) is 3.30. The van der Waals surface area contributed by atoms with Gasteiger partial charge >= 0.3 is 0 Å². The predicted molar refractivity (Wildman–Crippen MR) is 73.4 cm³/mol. The van der Waals surface area contributed by atoms with Crippen molar-refractivity contribution in [1.29, 1.82) is 0 Å². The summed E-state index contributed by atoms with van der Waals surface area (Å²) in [6.45, 7) is 0. The maximum atomic E-state index is 11.6. The molecule has 0 N–H and O–H groups in total. The zero-order valence-electron chi connectivity index (χ0n) is 11.0. The van der Waals surface area contributed by atoms with E-state index >= 15 is 0 Å². The van der Waals surface area contributed by atoms with Crippen LogP contribution in [0.4, 0.5) is 0 Å². The SMILES string of the molecule is O=C1CCCC(Sc2nnc(C3CC3)n2C2CC2)C1. The first-order valence-electron chi connectivity index (χ1n) is 7.44. The normalized spacial score (nSPS) is 27.8. The zero-order valence-corrected chi connectivity index (χ0v) is 11.9. The Hall–Kier alpha value is -0.840. The molecule has 0 aromatic carbocycles. The van der Waals surface area contributed by atoms with Crippen molar-refractivity contribution >= 4 is 17.5 Å². The van der Waals surface area contributed by atoms with Gasteiger partial charge in [0.1, 0.15) is 11.6 Å². The van der Waals surface area contributed by atoms with Crippen molar-refractivity contribution in [3.8, 4) is 0 Å². The van der Waals surface area contributed by atoms with Crippen LogP contribution in [0.15, 0.2) is 5.16 Å². The summed E-state index contributed by atoms with van der Waals surface area (Å²) in [6, 6.07) is 0.646. The Kier molecular flexibility index (Phi) is 2.90. The minimum Gasteiger partial charge on any atom is -0.303 e. The first-order valence-corrected chi connectivity index (χ1v) is 8.32. The summed E-state index contributed by atoms with van der Waals surface area (Å²) in [5.41, 5.74) is 0. The second-order valence-corrected chi connectivity index (χ2v) is 7.36. The smallest absolute Gasteiger partial charge is 0.191 e. The lowest BCUT2D eigenvalue weighted by Gasteiger charge is -2.20. The first-order chi connectivity index (χ1) is 9.31. The van der Waals surface area contributed by atoms with Crippen LogP contribution in [-0.2, 0) is 4.79 Å². The van der Waals surface area contributed by atoms with Crippen LogP contribution in [0.2, 0.25) is 0 Å². The molecule has 0 bridgehead atoms. The molecule has 19 heavy (non-hydrogen) atoms. The van der Waals surface area contributed by atoms with Crippen molar-refractivity contribution in [2.24, 2.45) is 0 Å². The summed E-state index contributed by atoms with van der Waals surface area (Å²) in [6.07, 6.45) is 8.79. The number of carbonyl (C=O) groups excluding carboxylic acids is 1. The van der Waals surface area contributed by atoms with E-state index in [0.717, 1.165) is 30.8 Å². The summed E-state index contributed by atoms with van der Waals surface area (Å²) in [4.78, 5) is 11.6. The molecular weight excluding hydrogens is 258 g/mol. The van der Waals surface area contributed by atoms with Crippen LogP contribution < -0.4 is 0 Å². The number of nitrogens with zero attached hydrogens (tertiary/aromatic N) is 3. The summed E-state index contributed by atoms with van der Waals surface area (Å²) in [5, 5.41) is 10.4. The van der Waals surface area contributed by atoms with Gasteiger partial charge in [0.2, 0.25) is 0 Å². The van der Waals surface area contributed by atoms with Gasteiger partial charge in [-0.1, -0.05) is 11.8 Å². The molecule has 1 aromatic heterocycles. The van der Waals surface area contributed by atoms with Crippen LogP contribution in [0.5, 0.6) is 0 Å². The molecule has 1 heterocycles. The van der Waals surface area contributed by atoms with Crippen molar-refractivity contribution < 1.29 is 4.79 Å². The Bertz CT molecular complexity index is 505. The molecule has 5 heteroatoms. The van der Waals surface area contributed by atoms with Gasteiger partial charge in [0.25, 0.3) is 0 Å². The summed E-state index contributed by atoms with van der Waals surface area (Å²) in [5.74, 6) is 2.30. The molecule has 3 saturated carbocycles. The number of Topliss-reactive ketones (excluding diaryl/α,β-unsaturated/α-hetero) is 1. The van der Waals surface area contributed by atoms with Crippen LogP contribution in [-0.4, -0.2) is 25.8 Å². The lowest BCUT2D eigenvalue weighted by Crippen LogP contribution is -2.17. The molecule has 3 aliphatic rings. The molecule has 0 aliphatic heterocycles. The van der Waals surface area contributed by atoms with Crippen LogP contribution in [0.1, 0.15) is 69.2 Å². The second-order valence-electron chi connectivity index (χ2n) is 6.09. The van der Waals surface area contributed by atoms with Crippen molar-refractivity contribution in [1.82, 2.24) is 14.8 Å². The van der Waals surface area contributed by atoms with E-state index in [4.69, 9.17) is 0 Å². The largest absolute Gasteiger partial charge is 0.303 e. The number of thioether (sulfide) groups is 1. The summed E-state index contributed by atoms with van der Waals surface area (Å²) < 4.78 is 2.39. The summed E-state index contributed by atoms with van der Waals surface area (Å²) in [7, 11) is 0. The predicted octanol–water partition coefficient (Wildman–Crippen LogP) is 3.09. The lowest BCUT2D eigenvalue weighted by atomic mass is 9.99. The van der Waals surface area contributed by atoms with E-state index in [2.05, 4.69) is 14.8 Å². The van der Waals surface area contributed by atoms with Crippen LogP contribution >= 0.6 is 11.8 Å². The summed E-state index contributed by atoms with van der Waals surface area (Å²) >= 11 is 1.80.